The largest absolute Gasteiger partial charge is 0.481 e. The molecule has 33 heavy (non-hydrogen) atoms. The average molecular weight is 465 g/mol. The summed E-state index contributed by atoms with van der Waals surface area (Å²) in [6, 6.07) is 0. The number of aliphatic hydroxyl groups is 1. The van der Waals surface area contributed by atoms with Gasteiger partial charge in [0.25, 0.3) is 0 Å². The Morgan fingerprint density at radius 3 is 1.70 bits per heavy atom. The molecular formula is C30H56O3. The molecule has 0 saturated heterocycles. The summed E-state index contributed by atoms with van der Waals surface area (Å²) in [5.41, 5.74) is 0. The molecule has 194 valence electrons. The number of unbranched alkanes of at least 4 members (excludes halogenated alkanes) is 17. The van der Waals surface area contributed by atoms with Crippen LogP contribution in [0, 0.1) is 0 Å². The fourth-order valence-electron chi connectivity index (χ4n) is 4.23. The summed E-state index contributed by atoms with van der Waals surface area (Å²) in [5, 5.41) is 18.7. The van der Waals surface area contributed by atoms with Crippen LogP contribution in [0.15, 0.2) is 24.3 Å². The first-order valence-electron chi connectivity index (χ1n) is 14.4. The van der Waals surface area contributed by atoms with E-state index in [-0.39, 0.29) is 6.10 Å². The zero-order chi connectivity index (χ0) is 24.2. The van der Waals surface area contributed by atoms with Crippen molar-refractivity contribution in [2.24, 2.45) is 0 Å². The second-order valence-electron chi connectivity index (χ2n) is 9.80. The highest BCUT2D eigenvalue weighted by Crippen LogP contribution is 2.14. The number of hydrogen-bond donors (Lipinski definition) is 2. The first-order valence-corrected chi connectivity index (χ1v) is 14.4. The van der Waals surface area contributed by atoms with E-state index in [9.17, 15) is 9.90 Å². The quantitative estimate of drug-likeness (QED) is 0.0989. The number of carboxylic acid groups (broad SMARTS) is 1. The minimum absolute atomic E-state index is 0.181. The number of aliphatic carboxylic acids is 1. The summed E-state index contributed by atoms with van der Waals surface area (Å²) in [6.45, 7) is 2.27. The Morgan fingerprint density at radius 2 is 1.12 bits per heavy atom. The summed E-state index contributed by atoms with van der Waals surface area (Å²) < 4.78 is 0. The SMILES string of the molecule is CCCCCCCCCC=CCC=CCC(O)CCCCCCCCCCCCCC(=O)O. The van der Waals surface area contributed by atoms with E-state index in [1.807, 2.05) is 0 Å². The maximum absolute atomic E-state index is 10.4. The Labute approximate surface area is 206 Å². The van der Waals surface area contributed by atoms with Crippen LogP contribution in [0.2, 0.25) is 0 Å². The van der Waals surface area contributed by atoms with Crippen LogP contribution in [0.5, 0.6) is 0 Å². The molecule has 0 fully saturated rings. The van der Waals surface area contributed by atoms with Gasteiger partial charge in [-0.2, -0.15) is 0 Å². The van der Waals surface area contributed by atoms with Gasteiger partial charge < -0.3 is 10.2 Å². The number of carboxylic acids is 1. The number of allylic oxidation sites excluding steroid dienone is 3. The second-order valence-corrected chi connectivity index (χ2v) is 9.80. The molecule has 0 bridgehead atoms. The standard InChI is InChI=1S/C30H56O3/c1-2-3-4-5-6-7-8-9-11-14-17-20-23-26-29(31)27-24-21-18-15-12-10-13-16-19-22-25-28-30(32)33/h11,14,20,23,29,31H,2-10,12-13,15-19,21-22,24-28H2,1H3,(H,32,33). The molecule has 1 unspecified atom stereocenters. The van der Waals surface area contributed by atoms with Crippen molar-refractivity contribution in [2.45, 2.75) is 161 Å². The van der Waals surface area contributed by atoms with E-state index < -0.39 is 5.97 Å². The lowest BCUT2D eigenvalue weighted by Crippen LogP contribution is -2.04. The Morgan fingerprint density at radius 1 is 0.636 bits per heavy atom. The van der Waals surface area contributed by atoms with Crippen molar-refractivity contribution in [3.8, 4) is 0 Å². The van der Waals surface area contributed by atoms with Gasteiger partial charge in [0.2, 0.25) is 0 Å². The van der Waals surface area contributed by atoms with Gasteiger partial charge >= 0.3 is 5.97 Å². The van der Waals surface area contributed by atoms with E-state index >= 15 is 0 Å². The van der Waals surface area contributed by atoms with Gasteiger partial charge in [-0.25, -0.2) is 0 Å². The summed E-state index contributed by atoms with van der Waals surface area (Å²) in [5.74, 6) is -0.670. The minimum Gasteiger partial charge on any atom is -0.481 e. The highest BCUT2D eigenvalue weighted by atomic mass is 16.4. The smallest absolute Gasteiger partial charge is 0.303 e. The van der Waals surface area contributed by atoms with Crippen molar-refractivity contribution in [1.29, 1.82) is 0 Å². The molecule has 0 spiro atoms. The molecule has 0 radical (unpaired) electrons. The first kappa shape index (κ1) is 31.9. The topological polar surface area (TPSA) is 57.5 Å². The van der Waals surface area contributed by atoms with Gasteiger partial charge in [-0.05, 0) is 38.5 Å². The summed E-state index contributed by atoms with van der Waals surface area (Å²) in [6.07, 6.45) is 35.7. The molecule has 0 aliphatic carbocycles. The van der Waals surface area contributed by atoms with Crippen molar-refractivity contribution < 1.29 is 15.0 Å². The third kappa shape index (κ3) is 28.9. The third-order valence-corrected chi connectivity index (χ3v) is 6.42. The van der Waals surface area contributed by atoms with E-state index in [0.29, 0.717) is 6.42 Å². The fourth-order valence-corrected chi connectivity index (χ4v) is 4.23. The van der Waals surface area contributed by atoms with Gasteiger partial charge in [-0.15, -0.1) is 0 Å². The van der Waals surface area contributed by atoms with E-state index in [2.05, 4.69) is 31.2 Å². The predicted molar refractivity (Wildman–Crippen MR) is 144 cm³/mol. The van der Waals surface area contributed by atoms with Crippen LogP contribution in [0.3, 0.4) is 0 Å². The van der Waals surface area contributed by atoms with E-state index in [4.69, 9.17) is 5.11 Å². The molecule has 0 aromatic heterocycles. The Balaban J connectivity index is 3.30. The van der Waals surface area contributed by atoms with Crippen molar-refractivity contribution in [1.82, 2.24) is 0 Å². The number of carbonyl (C=O) groups is 1. The highest BCUT2D eigenvalue weighted by molar-refractivity contribution is 5.66. The molecule has 2 N–H and O–H groups in total. The van der Waals surface area contributed by atoms with Gasteiger partial charge in [0.15, 0.2) is 0 Å². The van der Waals surface area contributed by atoms with Gasteiger partial charge in [0.1, 0.15) is 0 Å². The first-order chi connectivity index (χ1) is 16.2. The van der Waals surface area contributed by atoms with Gasteiger partial charge in [0, 0.05) is 6.42 Å². The van der Waals surface area contributed by atoms with Crippen LogP contribution < -0.4 is 0 Å². The molecule has 0 rings (SSSR count). The molecule has 0 aliphatic heterocycles. The molecule has 0 aliphatic rings. The summed E-state index contributed by atoms with van der Waals surface area (Å²) in [4.78, 5) is 10.4. The number of rotatable bonds is 26. The summed E-state index contributed by atoms with van der Waals surface area (Å²) >= 11 is 0. The van der Waals surface area contributed by atoms with Gasteiger partial charge in [-0.3, -0.25) is 4.79 Å². The van der Waals surface area contributed by atoms with Crippen molar-refractivity contribution in [3.63, 3.8) is 0 Å². The van der Waals surface area contributed by atoms with Crippen molar-refractivity contribution in [3.05, 3.63) is 24.3 Å². The minimum atomic E-state index is -0.670. The highest BCUT2D eigenvalue weighted by Gasteiger charge is 2.01. The predicted octanol–water partition coefficient (Wildman–Crippen LogP) is 9.54. The molecule has 0 aromatic rings. The zero-order valence-electron chi connectivity index (χ0n) is 22.0. The molecule has 0 amide bonds. The van der Waals surface area contributed by atoms with Crippen molar-refractivity contribution >= 4 is 5.97 Å². The van der Waals surface area contributed by atoms with Gasteiger partial charge in [-0.1, -0.05) is 134 Å². The fraction of sp³-hybridized carbons (Fsp3) is 0.833. The summed E-state index contributed by atoms with van der Waals surface area (Å²) in [7, 11) is 0. The van der Waals surface area contributed by atoms with Gasteiger partial charge in [0.05, 0.1) is 6.10 Å². The van der Waals surface area contributed by atoms with E-state index in [1.165, 1.54) is 103 Å². The molecule has 3 heteroatoms. The monoisotopic (exact) mass is 464 g/mol. The number of hydrogen-bond acceptors (Lipinski definition) is 2. The van der Waals surface area contributed by atoms with Crippen LogP contribution in [-0.2, 0) is 4.79 Å². The van der Waals surface area contributed by atoms with E-state index in [0.717, 1.165) is 38.5 Å². The van der Waals surface area contributed by atoms with Crippen LogP contribution in [-0.4, -0.2) is 22.3 Å². The Hall–Kier alpha value is -1.09. The lowest BCUT2D eigenvalue weighted by molar-refractivity contribution is -0.137. The lowest BCUT2D eigenvalue weighted by Gasteiger charge is -2.07. The second kappa shape index (κ2) is 27.2. The maximum Gasteiger partial charge on any atom is 0.303 e. The third-order valence-electron chi connectivity index (χ3n) is 6.42. The average Bonchev–Trinajstić information content (AvgIpc) is 2.79. The maximum atomic E-state index is 10.4. The van der Waals surface area contributed by atoms with Crippen LogP contribution in [0.4, 0.5) is 0 Å². The normalized spacial score (nSPS) is 12.8. The molecule has 0 heterocycles. The van der Waals surface area contributed by atoms with E-state index in [1.54, 1.807) is 0 Å². The van der Waals surface area contributed by atoms with Crippen LogP contribution in [0.1, 0.15) is 155 Å². The Bertz CT molecular complexity index is 455. The Kier molecular flexibility index (Phi) is 26.3. The molecule has 1 atom stereocenters. The molecular weight excluding hydrogens is 408 g/mol. The lowest BCUT2D eigenvalue weighted by atomic mass is 10.0. The molecule has 3 nitrogen and oxygen atoms in total. The van der Waals surface area contributed by atoms with Crippen LogP contribution >= 0.6 is 0 Å². The zero-order valence-corrected chi connectivity index (χ0v) is 22.0. The number of aliphatic hydroxyl groups excluding tert-OH is 1. The van der Waals surface area contributed by atoms with Crippen molar-refractivity contribution in [2.75, 3.05) is 0 Å². The molecule has 0 aromatic carbocycles. The molecule has 0 saturated carbocycles. The van der Waals surface area contributed by atoms with Crippen LogP contribution in [0.25, 0.3) is 0 Å².